The lowest BCUT2D eigenvalue weighted by Crippen LogP contribution is -2.20. The molecule has 0 fully saturated rings. The van der Waals surface area contributed by atoms with Gasteiger partial charge in [-0.1, -0.05) is 42.8 Å². The predicted molar refractivity (Wildman–Crippen MR) is 132 cm³/mol. The van der Waals surface area contributed by atoms with Crippen molar-refractivity contribution in [3.63, 3.8) is 0 Å². The van der Waals surface area contributed by atoms with Crippen molar-refractivity contribution in [1.29, 1.82) is 0 Å². The molecule has 1 atom stereocenters. The SMILES string of the molecule is CCn1c2ccccc2c2cc(NC(=O)CC(C)CC(=O)Nc3ccc(C)cc3)ccc21. The zero-order valence-electron chi connectivity index (χ0n) is 18.8. The first-order valence-electron chi connectivity index (χ1n) is 11.1. The molecule has 1 aromatic heterocycles. The van der Waals surface area contributed by atoms with E-state index in [0.717, 1.165) is 34.4 Å². The third kappa shape index (κ3) is 4.67. The molecule has 0 aliphatic carbocycles. The topological polar surface area (TPSA) is 63.1 Å². The minimum atomic E-state index is -0.0841. The molecule has 1 unspecified atom stereocenters. The summed E-state index contributed by atoms with van der Waals surface area (Å²) in [6.45, 7) is 6.95. The lowest BCUT2D eigenvalue weighted by molar-refractivity contribution is -0.118. The standard InChI is InChI=1S/C27H29N3O2/c1-4-30-24-8-6-5-7-22(24)23-17-21(13-14-25(23)30)29-27(32)16-19(3)15-26(31)28-20-11-9-18(2)10-12-20/h5-14,17,19H,4,15-16H2,1-3H3,(H,28,31)(H,29,32). The van der Waals surface area contributed by atoms with Gasteiger partial charge in [-0.05, 0) is 56.2 Å². The van der Waals surface area contributed by atoms with Gasteiger partial charge in [0.2, 0.25) is 11.8 Å². The molecule has 5 nitrogen and oxygen atoms in total. The van der Waals surface area contributed by atoms with Crippen LogP contribution in [-0.4, -0.2) is 16.4 Å². The Hall–Kier alpha value is -3.60. The number of para-hydroxylation sites is 1. The number of hydrogen-bond donors (Lipinski definition) is 2. The number of aryl methyl sites for hydroxylation is 2. The molecule has 3 aromatic carbocycles. The Morgan fingerprint density at radius 2 is 1.41 bits per heavy atom. The molecule has 1 heterocycles. The molecule has 0 aliphatic heterocycles. The number of amides is 2. The fraction of sp³-hybridized carbons (Fsp3) is 0.259. The Labute approximate surface area is 188 Å². The quantitative estimate of drug-likeness (QED) is 0.373. The highest BCUT2D eigenvalue weighted by molar-refractivity contribution is 6.09. The molecule has 5 heteroatoms. The van der Waals surface area contributed by atoms with Crippen molar-refractivity contribution in [1.82, 2.24) is 4.57 Å². The van der Waals surface area contributed by atoms with Gasteiger partial charge in [-0.3, -0.25) is 9.59 Å². The van der Waals surface area contributed by atoms with Crippen molar-refractivity contribution in [2.45, 2.75) is 40.2 Å². The van der Waals surface area contributed by atoms with E-state index in [2.05, 4.69) is 40.3 Å². The second kappa shape index (κ2) is 9.27. The summed E-state index contributed by atoms with van der Waals surface area (Å²) in [5.74, 6) is -0.228. The zero-order valence-corrected chi connectivity index (χ0v) is 18.8. The van der Waals surface area contributed by atoms with Gasteiger partial charge in [0.1, 0.15) is 0 Å². The molecular weight excluding hydrogens is 398 g/mol. The summed E-state index contributed by atoms with van der Waals surface area (Å²) in [6, 6.07) is 22.1. The highest BCUT2D eigenvalue weighted by Crippen LogP contribution is 2.31. The van der Waals surface area contributed by atoms with E-state index in [0.29, 0.717) is 6.42 Å². The van der Waals surface area contributed by atoms with Crippen LogP contribution in [0.5, 0.6) is 0 Å². The largest absolute Gasteiger partial charge is 0.341 e. The minimum absolute atomic E-state index is 0.0637. The van der Waals surface area contributed by atoms with Crippen LogP contribution in [0.25, 0.3) is 21.8 Å². The Bertz CT molecular complexity index is 1270. The van der Waals surface area contributed by atoms with E-state index in [1.165, 1.54) is 10.9 Å². The van der Waals surface area contributed by atoms with E-state index in [4.69, 9.17) is 0 Å². The van der Waals surface area contributed by atoms with E-state index >= 15 is 0 Å². The summed E-state index contributed by atoms with van der Waals surface area (Å²) in [7, 11) is 0. The van der Waals surface area contributed by atoms with Crippen LogP contribution in [-0.2, 0) is 16.1 Å². The Morgan fingerprint density at radius 1 is 0.812 bits per heavy atom. The number of rotatable bonds is 7. The summed E-state index contributed by atoms with van der Waals surface area (Å²) < 4.78 is 2.28. The van der Waals surface area contributed by atoms with Gasteiger partial charge in [-0.25, -0.2) is 0 Å². The molecule has 2 N–H and O–H groups in total. The maximum absolute atomic E-state index is 12.6. The summed E-state index contributed by atoms with van der Waals surface area (Å²) in [6.07, 6.45) is 0.584. The highest BCUT2D eigenvalue weighted by Gasteiger charge is 2.15. The van der Waals surface area contributed by atoms with Crippen LogP contribution < -0.4 is 10.6 Å². The van der Waals surface area contributed by atoms with Gasteiger partial charge in [-0.15, -0.1) is 0 Å². The number of anilines is 2. The molecule has 4 aromatic rings. The van der Waals surface area contributed by atoms with Gasteiger partial charge in [0.05, 0.1) is 0 Å². The van der Waals surface area contributed by atoms with Gasteiger partial charge in [-0.2, -0.15) is 0 Å². The third-order valence-corrected chi connectivity index (χ3v) is 5.78. The molecule has 4 rings (SSSR count). The summed E-state index contributed by atoms with van der Waals surface area (Å²) in [4.78, 5) is 24.9. The normalized spacial score (nSPS) is 12.1. The number of nitrogens with one attached hydrogen (secondary N) is 2. The maximum atomic E-state index is 12.6. The number of hydrogen-bond acceptors (Lipinski definition) is 2. The number of carbonyl (C=O) groups is 2. The molecule has 2 amide bonds. The Kier molecular flexibility index (Phi) is 6.26. The van der Waals surface area contributed by atoms with Crippen LogP contribution in [0.4, 0.5) is 11.4 Å². The second-order valence-electron chi connectivity index (χ2n) is 8.47. The molecule has 0 spiro atoms. The van der Waals surface area contributed by atoms with Gasteiger partial charge < -0.3 is 15.2 Å². The van der Waals surface area contributed by atoms with Crippen LogP contribution in [0.3, 0.4) is 0 Å². The van der Waals surface area contributed by atoms with Crippen molar-refractivity contribution in [2.24, 2.45) is 5.92 Å². The van der Waals surface area contributed by atoms with Gasteiger partial charge >= 0.3 is 0 Å². The number of benzene rings is 3. The first-order chi connectivity index (χ1) is 15.4. The summed E-state index contributed by atoms with van der Waals surface area (Å²) in [5.41, 5.74) is 5.05. The second-order valence-corrected chi connectivity index (χ2v) is 8.47. The molecule has 0 saturated heterocycles. The van der Waals surface area contributed by atoms with E-state index in [1.54, 1.807) is 0 Å². The molecule has 164 valence electrons. The van der Waals surface area contributed by atoms with Gasteiger partial charge in [0.25, 0.3) is 0 Å². The average Bonchev–Trinajstić information content (AvgIpc) is 3.08. The van der Waals surface area contributed by atoms with Gasteiger partial charge in [0.15, 0.2) is 0 Å². The molecule has 32 heavy (non-hydrogen) atoms. The number of nitrogens with zero attached hydrogens (tertiary/aromatic N) is 1. The van der Waals surface area contributed by atoms with Crippen LogP contribution in [0.1, 0.15) is 32.3 Å². The van der Waals surface area contributed by atoms with Crippen molar-refractivity contribution in [2.75, 3.05) is 10.6 Å². The van der Waals surface area contributed by atoms with Crippen LogP contribution in [0.15, 0.2) is 66.7 Å². The number of fused-ring (bicyclic) bond motifs is 3. The molecule has 0 aliphatic rings. The minimum Gasteiger partial charge on any atom is -0.341 e. The number of carbonyl (C=O) groups excluding carboxylic acids is 2. The maximum Gasteiger partial charge on any atom is 0.224 e. The van der Waals surface area contributed by atoms with E-state index in [-0.39, 0.29) is 24.2 Å². The Morgan fingerprint density at radius 3 is 2.09 bits per heavy atom. The zero-order chi connectivity index (χ0) is 22.7. The monoisotopic (exact) mass is 427 g/mol. The molecule has 0 radical (unpaired) electrons. The average molecular weight is 428 g/mol. The Balaban J connectivity index is 1.39. The first kappa shape index (κ1) is 21.6. The fourth-order valence-corrected chi connectivity index (χ4v) is 4.24. The fourth-order valence-electron chi connectivity index (χ4n) is 4.24. The van der Waals surface area contributed by atoms with Crippen molar-refractivity contribution >= 4 is 45.0 Å². The van der Waals surface area contributed by atoms with Crippen LogP contribution >= 0.6 is 0 Å². The third-order valence-electron chi connectivity index (χ3n) is 5.78. The lowest BCUT2D eigenvalue weighted by atomic mass is 10.0. The summed E-state index contributed by atoms with van der Waals surface area (Å²) in [5, 5.41) is 8.21. The van der Waals surface area contributed by atoms with Crippen molar-refractivity contribution in [3.05, 3.63) is 72.3 Å². The van der Waals surface area contributed by atoms with Crippen molar-refractivity contribution in [3.8, 4) is 0 Å². The summed E-state index contributed by atoms with van der Waals surface area (Å²) >= 11 is 0. The van der Waals surface area contributed by atoms with Crippen LogP contribution in [0.2, 0.25) is 0 Å². The number of aromatic nitrogens is 1. The van der Waals surface area contributed by atoms with Crippen LogP contribution in [0, 0.1) is 12.8 Å². The molecular formula is C27H29N3O2. The van der Waals surface area contributed by atoms with E-state index in [1.807, 2.05) is 62.4 Å². The highest BCUT2D eigenvalue weighted by atomic mass is 16.2. The van der Waals surface area contributed by atoms with Gasteiger partial charge in [0, 0.05) is 52.6 Å². The molecule has 0 saturated carbocycles. The smallest absolute Gasteiger partial charge is 0.224 e. The predicted octanol–water partition coefficient (Wildman–Crippen LogP) is 6.12. The lowest BCUT2D eigenvalue weighted by Gasteiger charge is -2.12. The molecule has 0 bridgehead atoms. The van der Waals surface area contributed by atoms with E-state index in [9.17, 15) is 9.59 Å². The van der Waals surface area contributed by atoms with Crippen molar-refractivity contribution < 1.29 is 9.59 Å². The first-order valence-corrected chi connectivity index (χ1v) is 11.1. The van der Waals surface area contributed by atoms with E-state index < -0.39 is 0 Å².